The summed E-state index contributed by atoms with van der Waals surface area (Å²) in [5.41, 5.74) is 3.29. The smallest absolute Gasteiger partial charge is 0.187 e. The van der Waals surface area contributed by atoms with E-state index in [0.29, 0.717) is 16.8 Å². The quantitative estimate of drug-likeness (QED) is 0.690. The first-order valence-corrected chi connectivity index (χ1v) is 6.63. The minimum absolute atomic E-state index is 0.122. The number of rotatable bonds is 3. The molecule has 1 heterocycles. The minimum Gasteiger partial charge on any atom is -0.292 e. The zero-order chi connectivity index (χ0) is 14.8. The molecule has 0 saturated carbocycles. The molecule has 0 spiro atoms. The summed E-state index contributed by atoms with van der Waals surface area (Å²) < 4.78 is 13.3. The van der Waals surface area contributed by atoms with E-state index in [4.69, 9.17) is 0 Å². The molecule has 0 atom stereocenters. The van der Waals surface area contributed by atoms with Crippen LogP contribution >= 0.6 is 0 Å². The summed E-state index contributed by atoms with van der Waals surface area (Å²) in [6.45, 7) is 1.86. The van der Waals surface area contributed by atoms with Gasteiger partial charge in [-0.05, 0) is 42.3 Å². The van der Waals surface area contributed by atoms with Crippen LogP contribution in [0.1, 0.15) is 21.6 Å². The molecule has 3 rings (SSSR count). The van der Waals surface area contributed by atoms with Gasteiger partial charge in [0.2, 0.25) is 0 Å². The molecule has 0 aliphatic carbocycles. The van der Waals surface area contributed by atoms with Crippen molar-refractivity contribution in [2.75, 3.05) is 0 Å². The molecule has 0 amide bonds. The Balaban J connectivity index is 1.91. The van der Waals surface area contributed by atoms with Gasteiger partial charge in [-0.15, -0.1) is 0 Å². The molecule has 3 aromatic rings. The van der Waals surface area contributed by atoms with E-state index in [0.717, 1.165) is 11.1 Å². The number of hydrogen-bond acceptors (Lipinski definition) is 3. The first-order chi connectivity index (χ1) is 10.1. The van der Waals surface area contributed by atoms with Crippen molar-refractivity contribution in [3.8, 4) is 0 Å². The number of halogens is 1. The molecule has 0 unspecified atom stereocenters. The number of benzene rings is 2. The molecule has 0 N–H and O–H groups in total. The second-order valence-electron chi connectivity index (χ2n) is 4.91. The Kier molecular flexibility index (Phi) is 3.44. The molecule has 0 fully saturated rings. The topological polar surface area (TPSA) is 42.9 Å². The van der Waals surface area contributed by atoms with Crippen LogP contribution in [0, 0.1) is 12.7 Å². The van der Waals surface area contributed by atoms with E-state index in [9.17, 15) is 9.18 Å². The Morgan fingerprint density at radius 1 is 1.14 bits per heavy atom. The van der Waals surface area contributed by atoms with Crippen LogP contribution in [-0.4, -0.2) is 15.8 Å². The van der Waals surface area contributed by atoms with E-state index >= 15 is 0 Å². The van der Waals surface area contributed by atoms with Crippen molar-refractivity contribution >= 4 is 16.8 Å². The summed E-state index contributed by atoms with van der Waals surface area (Å²) in [6.07, 6.45) is 1.59. The molecule has 1 aromatic heterocycles. The van der Waals surface area contributed by atoms with Crippen LogP contribution in [0.5, 0.6) is 0 Å². The van der Waals surface area contributed by atoms with Crippen molar-refractivity contribution in [2.24, 2.45) is 0 Å². The molecule has 104 valence electrons. The van der Waals surface area contributed by atoms with Crippen molar-refractivity contribution in [2.45, 2.75) is 13.3 Å². The highest BCUT2D eigenvalue weighted by atomic mass is 19.1. The highest BCUT2D eigenvalue weighted by molar-refractivity contribution is 5.97. The molecule has 4 heteroatoms. The summed E-state index contributed by atoms with van der Waals surface area (Å²) in [7, 11) is 0. The Morgan fingerprint density at radius 3 is 2.71 bits per heavy atom. The first-order valence-electron chi connectivity index (χ1n) is 6.63. The Hall–Kier alpha value is -2.62. The molecule has 0 bridgehead atoms. The van der Waals surface area contributed by atoms with Gasteiger partial charge in [0.25, 0.3) is 0 Å². The third-order valence-electron chi connectivity index (χ3n) is 3.40. The molecule has 2 aromatic carbocycles. The molecule has 0 radical (unpaired) electrons. The SMILES string of the molecule is Cc1ccc(F)cc1CC(=O)c1cnc2ccccc2n1. The van der Waals surface area contributed by atoms with Crippen LogP contribution < -0.4 is 0 Å². The van der Waals surface area contributed by atoms with Gasteiger partial charge in [-0.25, -0.2) is 9.37 Å². The highest BCUT2D eigenvalue weighted by Crippen LogP contribution is 2.14. The number of aryl methyl sites for hydroxylation is 1. The normalized spacial score (nSPS) is 10.8. The van der Waals surface area contributed by atoms with Gasteiger partial charge in [-0.3, -0.25) is 9.78 Å². The van der Waals surface area contributed by atoms with Gasteiger partial charge >= 0.3 is 0 Å². The minimum atomic E-state index is -0.340. The number of hydrogen-bond donors (Lipinski definition) is 0. The average molecular weight is 280 g/mol. The van der Waals surface area contributed by atoms with E-state index in [1.54, 1.807) is 6.07 Å². The third-order valence-corrected chi connectivity index (χ3v) is 3.40. The number of aromatic nitrogens is 2. The molecule has 0 aliphatic rings. The van der Waals surface area contributed by atoms with Crippen molar-refractivity contribution in [3.63, 3.8) is 0 Å². The number of Topliss-reactive ketones (excluding diaryl/α,β-unsaturated/α-hetero) is 1. The number of nitrogens with zero attached hydrogens (tertiary/aromatic N) is 2. The van der Waals surface area contributed by atoms with Crippen molar-refractivity contribution < 1.29 is 9.18 Å². The third kappa shape index (κ3) is 2.79. The second-order valence-corrected chi connectivity index (χ2v) is 4.91. The van der Waals surface area contributed by atoms with E-state index in [2.05, 4.69) is 9.97 Å². The maximum atomic E-state index is 13.3. The Bertz CT molecular complexity index is 830. The summed E-state index contributed by atoms with van der Waals surface area (Å²) in [6, 6.07) is 11.8. The predicted molar refractivity (Wildman–Crippen MR) is 78.7 cm³/mol. The summed E-state index contributed by atoms with van der Waals surface area (Å²) in [5, 5.41) is 0. The molecule has 0 aliphatic heterocycles. The van der Waals surface area contributed by atoms with Gasteiger partial charge in [0.15, 0.2) is 5.78 Å². The lowest BCUT2D eigenvalue weighted by Gasteiger charge is -2.05. The molecule has 3 nitrogen and oxygen atoms in total. The van der Waals surface area contributed by atoms with Crippen LogP contribution in [0.2, 0.25) is 0 Å². The van der Waals surface area contributed by atoms with Crippen LogP contribution in [0.25, 0.3) is 11.0 Å². The molecular weight excluding hydrogens is 267 g/mol. The zero-order valence-electron chi connectivity index (χ0n) is 11.5. The van der Waals surface area contributed by atoms with Gasteiger partial charge < -0.3 is 0 Å². The number of para-hydroxylation sites is 2. The van der Waals surface area contributed by atoms with Gasteiger partial charge in [-0.1, -0.05) is 18.2 Å². The number of fused-ring (bicyclic) bond motifs is 1. The summed E-state index contributed by atoms with van der Waals surface area (Å²) >= 11 is 0. The largest absolute Gasteiger partial charge is 0.292 e. The van der Waals surface area contributed by atoms with Gasteiger partial charge in [0.05, 0.1) is 17.2 Å². The van der Waals surface area contributed by atoms with Crippen LogP contribution in [0.15, 0.2) is 48.7 Å². The van der Waals surface area contributed by atoms with Crippen molar-refractivity contribution in [3.05, 3.63) is 71.3 Å². The average Bonchev–Trinajstić information content (AvgIpc) is 2.50. The standard InChI is InChI=1S/C17H13FN2O/c1-11-6-7-13(18)8-12(11)9-17(21)16-10-19-14-4-2-3-5-15(14)20-16/h2-8,10H,9H2,1H3. The van der Waals surface area contributed by atoms with Gasteiger partial charge in [-0.2, -0.15) is 0 Å². The van der Waals surface area contributed by atoms with Crippen LogP contribution in [-0.2, 0) is 6.42 Å². The zero-order valence-corrected chi connectivity index (χ0v) is 11.5. The van der Waals surface area contributed by atoms with Gasteiger partial charge in [0, 0.05) is 6.42 Å². The lowest BCUT2D eigenvalue weighted by Crippen LogP contribution is -2.08. The van der Waals surface area contributed by atoms with Gasteiger partial charge in [0.1, 0.15) is 11.5 Å². The number of carbonyl (C=O) groups is 1. The highest BCUT2D eigenvalue weighted by Gasteiger charge is 2.12. The maximum absolute atomic E-state index is 13.3. The van der Waals surface area contributed by atoms with Crippen molar-refractivity contribution in [1.82, 2.24) is 9.97 Å². The number of carbonyl (C=O) groups excluding carboxylic acids is 1. The Morgan fingerprint density at radius 2 is 1.90 bits per heavy atom. The predicted octanol–water partition coefficient (Wildman–Crippen LogP) is 3.50. The molecular formula is C17H13FN2O. The van der Waals surface area contributed by atoms with Crippen LogP contribution in [0.4, 0.5) is 4.39 Å². The fourth-order valence-corrected chi connectivity index (χ4v) is 2.19. The van der Waals surface area contributed by atoms with E-state index < -0.39 is 0 Å². The lowest BCUT2D eigenvalue weighted by atomic mass is 10.0. The van der Waals surface area contributed by atoms with Crippen LogP contribution in [0.3, 0.4) is 0 Å². The molecule has 21 heavy (non-hydrogen) atoms. The first kappa shape index (κ1) is 13.4. The van der Waals surface area contributed by atoms with E-state index in [1.807, 2.05) is 31.2 Å². The number of ketones is 1. The van der Waals surface area contributed by atoms with E-state index in [-0.39, 0.29) is 18.0 Å². The van der Waals surface area contributed by atoms with Crippen molar-refractivity contribution in [1.29, 1.82) is 0 Å². The second kappa shape index (κ2) is 5.40. The Labute approximate surface area is 121 Å². The maximum Gasteiger partial charge on any atom is 0.187 e. The lowest BCUT2D eigenvalue weighted by molar-refractivity contribution is 0.0988. The molecule has 0 saturated heterocycles. The van der Waals surface area contributed by atoms with E-state index in [1.165, 1.54) is 18.3 Å². The fourth-order valence-electron chi connectivity index (χ4n) is 2.19. The summed E-state index contributed by atoms with van der Waals surface area (Å²) in [5.74, 6) is -0.505. The monoisotopic (exact) mass is 280 g/mol. The fraction of sp³-hybridized carbons (Fsp3) is 0.118. The summed E-state index contributed by atoms with van der Waals surface area (Å²) in [4.78, 5) is 20.8.